The fourth-order valence-electron chi connectivity index (χ4n) is 4.82. The molecule has 0 saturated heterocycles. The molecule has 1 aliphatic rings. The molecule has 0 saturated carbocycles. The van der Waals surface area contributed by atoms with Gasteiger partial charge in [-0.15, -0.1) is 0 Å². The number of amides is 2. The number of carboxylic acid groups (broad SMARTS) is 1. The number of nitrogens with one attached hydrogen (secondary N) is 2. The van der Waals surface area contributed by atoms with Crippen molar-refractivity contribution in [2.75, 3.05) is 26.7 Å². The van der Waals surface area contributed by atoms with Gasteiger partial charge in [-0.3, -0.25) is 14.5 Å². The molecule has 0 aliphatic heterocycles. The number of alkyl carbamates (subject to hydrolysis) is 1. The van der Waals surface area contributed by atoms with Gasteiger partial charge < -0.3 is 20.5 Å². The molecule has 0 bridgehead atoms. The molecule has 8 nitrogen and oxygen atoms in total. The lowest BCUT2D eigenvalue weighted by Crippen LogP contribution is -2.52. The van der Waals surface area contributed by atoms with E-state index in [0.717, 1.165) is 27.8 Å². The minimum absolute atomic E-state index is 0.0430. The standard InChI is InChI=1S/C30H33N3O5/c1-33(18-21-10-3-2-4-11-21)19-27(29(36)31-17-9-16-28(34)35)32-30(37)38-20-26-24-14-7-5-12-22(24)23-13-6-8-15-25(23)26/h2-8,10-15,26-27H,9,16-20H2,1H3,(H,31,36)(H,32,37)(H,34,35). The number of fused-ring (bicyclic) bond motifs is 3. The number of aliphatic carboxylic acids is 1. The molecule has 1 aliphatic carbocycles. The molecule has 0 spiro atoms. The lowest BCUT2D eigenvalue weighted by molar-refractivity contribution is -0.137. The van der Waals surface area contributed by atoms with Gasteiger partial charge in [0.15, 0.2) is 0 Å². The van der Waals surface area contributed by atoms with Crippen molar-refractivity contribution in [3.63, 3.8) is 0 Å². The van der Waals surface area contributed by atoms with Crippen LogP contribution in [0, 0.1) is 0 Å². The van der Waals surface area contributed by atoms with Crippen LogP contribution < -0.4 is 10.6 Å². The van der Waals surface area contributed by atoms with E-state index < -0.39 is 18.1 Å². The highest BCUT2D eigenvalue weighted by Gasteiger charge is 2.30. The summed E-state index contributed by atoms with van der Waals surface area (Å²) in [5.41, 5.74) is 5.57. The molecule has 1 atom stereocenters. The van der Waals surface area contributed by atoms with E-state index in [0.29, 0.717) is 13.0 Å². The Morgan fingerprint density at radius 2 is 1.53 bits per heavy atom. The van der Waals surface area contributed by atoms with Crippen molar-refractivity contribution in [2.24, 2.45) is 0 Å². The molecule has 3 N–H and O–H groups in total. The maximum Gasteiger partial charge on any atom is 0.407 e. The predicted octanol–water partition coefficient (Wildman–Crippen LogP) is 4.01. The number of hydrogen-bond donors (Lipinski definition) is 3. The quantitative estimate of drug-likeness (QED) is 0.315. The van der Waals surface area contributed by atoms with Crippen molar-refractivity contribution in [3.8, 4) is 11.1 Å². The lowest BCUT2D eigenvalue weighted by atomic mass is 9.98. The van der Waals surface area contributed by atoms with Crippen LogP contribution in [0.3, 0.4) is 0 Å². The first-order valence-corrected chi connectivity index (χ1v) is 12.8. The monoisotopic (exact) mass is 515 g/mol. The zero-order valence-electron chi connectivity index (χ0n) is 21.4. The average molecular weight is 516 g/mol. The highest BCUT2D eigenvalue weighted by molar-refractivity contribution is 5.86. The minimum Gasteiger partial charge on any atom is -0.481 e. The third kappa shape index (κ3) is 6.98. The van der Waals surface area contributed by atoms with Crippen molar-refractivity contribution in [1.29, 1.82) is 0 Å². The largest absolute Gasteiger partial charge is 0.481 e. The summed E-state index contributed by atoms with van der Waals surface area (Å²) in [7, 11) is 1.87. The Labute approximate surface area is 222 Å². The Kier molecular flexibility index (Phi) is 9.11. The Morgan fingerprint density at radius 3 is 2.16 bits per heavy atom. The SMILES string of the molecule is CN(Cc1ccccc1)CC(NC(=O)OCC1c2ccccc2-c2ccccc21)C(=O)NCCCC(=O)O. The summed E-state index contributed by atoms with van der Waals surface area (Å²) in [5, 5.41) is 14.3. The van der Waals surface area contributed by atoms with E-state index >= 15 is 0 Å². The van der Waals surface area contributed by atoms with Gasteiger partial charge in [0.2, 0.25) is 5.91 Å². The molecule has 0 heterocycles. The van der Waals surface area contributed by atoms with Crippen molar-refractivity contribution in [2.45, 2.75) is 31.3 Å². The number of carboxylic acids is 1. The second-order valence-corrected chi connectivity index (χ2v) is 9.49. The van der Waals surface area contributed by atoms with Crippen LogP contribution in [0.15, 0.2) is 78.9 Å². The summed E-state index contributed by atoms with van der Waals surface area (Å²) in [4.78, 5) is 38.6. The van der Waals surface area contributed by atoms with Gasteiger partial charge in [-0.1, -0.05) is 78.9 Å². The Hall–Kier alpha value is -4.17. The van der Waals surface area contributed by atoms with Crippen LogP contribution >= 0.6 is 0 Å². The second-order valence-electron chi connectivity index (χ2n) is 9.49. The Balaban J connectivity index is 1.39. The maximum absolute atomic E-state index is 12.9. The van der Waals surface area contributed by atoms with Crippen LogP contribution in [-0.2, 0) is 20.9 Å². The maximum atomic E-state index is 12.9. The van der Waals surface area contributed by atoms with Crippen molar-refractivity contribution >= 4 is 18.0 Å². The zero-order valence-corrected chi connectivity index (χ0v) is 21.4. The molecule has 3 aromatic carbocycles. The van der Waals surface area contributed by atoms with E-state index in [1.807, 2.05) is 78.7 Å². The van der Waals surface area contributed by atoms with Crippen molar-refractivity contribution < 1.29 is 24.2 Å². The van der Waals surface area contributed by atoms with E-state index in [-0.39, 0.29) is 37.9 Å². The Bertz CT molecular complexity index is 1220. The van der Waals surface area contributed by atoms with E-state index in [2.05, 4.69) is 22.8 Å². The smallest absolute Gasteiger partial charge is 0.407 e. The molecule has 0 fully saturated rings. The van der Waals surface area contributed by atoms with E-state index in [4.69, 9.17) is 9.84 Å². The molecule has 0 aromatic heterocycles. The van der Waals surface area contributed by atoms with Crippen LogP contribution in [0.1, 0.15) is 35.4 Å². The van der Waals surface area contributed by atoms with E-state index in [1.165, 1.54) is 0 Å². The van der Waals surface area contributed by atoms with Crippen LogP contribution in [0.4, 0.5) is 4.79 Å². The first-order chi connectivity index (χ1) is 18.4. The number of likely N-dealkylation sites (N-methyl/N-ethyl adjacent to an activating group) is 1. The Morgan fingerprint density at radius 1 is 0.921 bits per heavy atom. The topological polar surface area (TPSA) is 108 Å². The lowest BCUT2D eigenvalue weighted by Gasteiger charge is -2.24. The van der Waals surface area contributed by atoms with Gasteiger partial charge in [0.1, 0.15) is 12.6 Å². The highest BCUT2D eigenvalue weighted by Crippen LogP contribution is 2.44. The second kappa shape index (κ2) is 12.9. The van der Waals surface area contributed by atoms with Crippen LogP contribution in [-0.4, -0.2) is 60.8 Å². The third-order valence-electron chi connectivity index (χ3n) is 6.61. The van der Waals surface area contributed by atoms with Gasteiger partial charge in [-0.05, 0) is 41.3 Å². The summed E-state index contributed by atoms with van der Waals surface area (Å²) >= 11 is 0. The van der Waals surface area contributed by atoms with Crippen LogP contribution in [0.5, 0.6) is 0 Å². The van der Waals surface area contributed by atoms with Gasteiger partial charge in [-0.25, -0.2) is 4.79 Å². The van der Waals surface area contributed by atoms with E-state index in [1.54, 1.807) is 0 Å². The van der Waals surface area contributed by atoms with Gasteiger partial charge in [0.25, 0.3) is 0 Å². The molecular weight excluding hydrogens is 482 g/mol. The summed E-state index contributed by atoms with van der Waals surface area (Å²) in [5.74, 6) is -1.39. The van der Waals surface area contributed by atoms with Gasteiger partial charge >= 0.3 is 12.1 Å². The molecule has 0 radical (unpaired) electrons. The van der Waals surface area contributed by atoms with E-state index in [9.17, 15) is 14.4 Å². The molecule has 4 rings (SSSR count). The first kappa shape index (κ1) is 26.9. The summed E-state index contributed by atoms with van der Waals surface area (Å²) in [6, 6.07) is 25.1. The fourth-order valence-corrected chi connectivity index (χ4v) is 4.82. The number of carbonyl (C=O) groups is 3. The first-order valence-electron chi connectivity index (χ1n) is 12.8. The third-order valence-corrected chi connectivity index (χ3v) is 6.61. The number of nitrogens with zero attached hydrogens (tertiary/aromatic N) is 1. The van der Waals surface area contributed by atoms with Crippen molar-refractivity contribution in [1.82, 2.24) is 15.5 Å². The minimum atomic E-state index is -0.921. The number of hydrogen-bond acceptors (Lipinski definition) is 5. The molecule has 38 heavy (non-hydrogen) atoms. The highest BCUT2D eigenvalue weighted by atomic mass is 16.5. The molecule has 8 heteroatoms. The average Bonchev–Trinajstić information content (AvgIpc) is 3.23. The number of rotatable bonds is 12. The molecule has 2 amide bonds. The fraction of sp³-hybridized carbons (Fsp3) is 0.300. The van der Waals surface area contributed by atoms with Gasteiger partial charge in [0.05, 0.1) is 0 Å². The zero-order chi connectivity index (χ0) is 26.9. The summed E-state index contributed by atoms with van der Waals surface area (Å²) in [6.07, 6.45) is -0.414. The number of benzene rings is 3. The van der Waals surface area contributed by atoms with Gasteiger partial charge in [0, 0.05) is 32.0 Å². The molecular formula is C30H33N3O5. The molecule has 1 unspecified atom stereocenters. The van der Waals surface area contributed by atoms with Crippen LogP contribution in [0.2, 0.25) is 0 Å². The summed E-state index contributed by atoms with van der Waals surface area (Å²) in [6.45, 7) is 1.20. The normalized spacial score (nSPS) is 12.9. The van der Waals surface area contributed by atoms with Crippen molar-refractivity contribution in [3.05, 3.63) is 95.6 Å². The molecule has 198 valence electrons. The predicted molar refractivity (Wildman–Crippen MR) is 145 cm³/mol. The van der Waals surface area contributed by atoms with Gasteiger partial charge in [-0.2, -0.15) is 0 Å². The number of ether oxygens (including phenoxy) is 1. The number of carbonyl (C=O) groups excluding carboxylic acids is 2. The van der Waals surface area contributed by atoms with Crippen LogP contribution in [0.25, 0.3) is 11.1 Å². The molecule has 3 aromatic rings. The summed E-state index contributed by atoms with van der Waals surface area (Å²) < 4.78 is 5.65.